The number of hydrogen-bond donors (Lipinski definition) is 3. The smallest absolute Gasteiger partial charge is 0.258 e. The van der Waals surface area contributed by atoms with Crippen LogP contribution in [0.25, 0.3) is 11.3 Å². The molecular formula is C43H42FN9O4. The SMILES string of the molecule is Cc1ccc(NC(=O)c2ccc(N3CCC(N(C)Cc4cc(F)c5c(c4)CN(C4CCC(=O)NC4=O)C5=O)CC3)cc2)cc1Nc1nccc(-c2cccnc2)n1. The topological polar surface area (TPSA) is 153 Å². The van der Waals surface area contributed by atoms with Gasteiger partial charge in [-0.15, -0.1) is 0 Å². The molecule has 5 heterocycles. The van der Waals surface area contributed by atoms with Gasteiger partial charge in [-0.2, -0.15) is 0 Å². The predicted molar refractivity (Wildman–Crippen MR) is 213 cm³/mol. The summed E-state index contributed by atoms with van der Waals surface area (Å²) in [4.78, 5) is 69.5. The van der Waals surface area contributed by atoms with E-state index in [-0.39, 0.29) is 42.8 Å². The van der Waals surface area contributed by atoms with E-state index < -0.39 is 23.7 Å². The van der Waals surface area contributed by atoms with Gasteiger partial charge >= 0.3 is 0 Å². The van der Waals surface area contributed by atoms with Crippen molar-refractivity contribution in [1.29, 1.82) is 0 Å². The zero-order valence-electron chi connectivity index (χ0n) is 31.7. The molecule has 3 N–H and O–H groups in total. The number of carbonyl (C=O) groups is 4. The summed E-state index contributed by atoms with van der Waals surface area (Å²) < 4.78 is 15.3. The molecule has 0 saturated carbocycles. The third kappa shape index (κ3) is 8.07. The average Bonchev–Trinajstić information content (AvgIpc) is 3.55. The molecule has 3 aliphatic rings. The van der Waals surface area contributed by atoms with Crippen molar-refractivity contribution in [1.82, 2.24) is 30.1 Å². The molecule has 3 aromatic carbocycles. The van der Waals surface area contributed by atoms with E-state index in [2.05, 4.69) is 40.7 Å². The maximum absolute atomic E-state index is 15.3. The summed E-state index contributed by atoms with van der Waals surface area (Å²) in [5.74, 6) is -1.76. The van der Waals surface area contributed by atoms with Crippen LogP contribution in [0.4, 0.5) is 27.4 Å². The summed E-state index contributed by atoms with van der Waals surface area (Å²) in [6, 6.07) is 21.7. The first-order valence-electron chi connectivity index (χ1n) is 19.0. The number of nitrogens with one attached hydrogen (secondary N) is 3. The number of pyridine rings is 1. The van der Waals surface area contributed by atoms with Crippen LogP contribution in [-0.4, -0.2) is 80.6 Å². The molecule has 0 radical (unpaired) electrons. The van der Waals surface area contributed by atoms with Gasteiger partial charge in [0.1, 0.15) is 11.9 Å². The predicted octanol–water partition coefficient (Wildman–Crippen LogP) is 5.84. The molecule has 14 heteroatoms. The number of carbonyl (C=O) groups excluding carboxylic acids is 4. The molecule has 57 heavy (non-hydrogen) atoms. The van der Waals surface area contributed by atoms with Gasteiger partial charge < -0.3 is 20.4 Å². The molecule has 1 atom stereocenters. The summed E-state index contributed by atoms with van der Waals surface area (Å²) >= 11 is 0. The highest BCUT2D eigenvalue weighted by Gasteiger charge is 2.40. The molecule has 1 unspecified atom stereocenters. The molecule has 4 amide bonds. The molecule has 5 aromatic rings. The van der Waals surface area contributed by atoms with Gasteiger partial charge in [0, 0.05) is 85.4 Å². The number of hydrogen-bond acceptors (Lipinski definition) is 10. The van der Waals surface area contributed by atoms with E-state index in [9.17, 15) is 19.2 Å². The van der Waals surface area contributed by atoms with E-state index in [1.165, 1.54) is 11.0 Å². The number of benzene rings is 3. The fraction of sp³-hybridized carbons (Fsp3) is 0.279. The monoisotopic (exact) mass is 767 g/mol. The first-order valence-corrected chi connectivity index (χ1v) is 19.0. The van der Waals surface area contributed by atoms with Crippen LogP contribution in [0.3, 0.4) is 0 Å². The number of rotatable bonds is 10. The largest absolute Gasteiger partial charge is 0.371 e. The van der Waals surface area contributed by atoms with Gasteiger partial charge in [0.2, 0.25) is 17.8 Å². The van der Waals surface area contributed by atoms with E-state index in [0.29, 0.717) is 29.3 Å². The second-order valence-corrected chi connectivity index (χ2v) is 14.8. The summed E-state index contributed by atoms with van der Waals surface area (Å²) in [6.07, 6.45) is 7.33. The lowest BCUT2D eigenvalue weighted by atomic mass is 10.0. The number of amides is 4. The van der Waals surface area contributed by atoms with Crippen molar-refractivity contribution in [3.63, 3.8) is 0 Å². The number of halogens is 1. The number of imide groups is 1. The lowest BCUT2D eigenvalue weighted by Gasteiger charge is -2.38. The minimum atomic E-state index is -0.785. The lowest BCUT2D eigenvalue weighted by molar-refractivity contribution is -0.136. The van der Waals surface area contributed by atoms with Gasteiger partial charge in [0.25, 0.3) is 11.8 Å². The van der Waals surface area contributed by atoms with Gasteiger partial charge in [0.05, 0.1) is 11.3 Å². The van der Waals surface area contributed by atoms with Crippen LogP contribution in [0, 0.1) is 12.7 Å². The van der Waals surface area contributed by atoms with E-state index >= 15 is 4.39 Å². The number of piperidine rings is 2. The van der Waals surface area contributed by atoms with Gasteiger partial charge in [-0.05, 0) is 111 Å². The van der Waals surface area contributed by atoms with Crippen molar-refractivity contribution in [2.75, 3.05) is 35.7 Å². The van der Waals surface area contributed by atoms with Crippen LogP contribution in [0.5, 0.6) is 0 Å². The van der Waals surface area contributed by atoms with Crippen LogP contribution in [0.15, 0.2) is 91.4 Å². The average molecular weight is 768 g/mol. The Morgan fingerprint density at radius 1 is 0.982 bits per heavy atom. The van der Waals surface area contributed by atoms with Crippen LogP contribution < -0.4 is 20.9 Å². The molecule has 0 bridgehead atoms. The van der Waals surface area contributed by atoms with Gasteiger partial charge in [-0.1, -0.05) is 12.1 Å². The molecule has 0 spiro atoms. The summed E-state index contributed by atoms with van der Waals surface area (Å²) in [7, 11) is 2.03. The molecule has 290 valence electrons. The maximum Gasteiger partial charge on any atom is 0.258 e. The molecule has 2 fully saturated rings. The van der Waals surface area contributed by atoms with Crippen molar-refractivity contribution >= 4 is 46.6 Å². The standard InChI is InChI=1S/C43H42FN9O4/c1-26-5-8-31(22-36(26)49-43-46-17-13-35(48-43)29-4-3-16-45-23-29)47-40(55)28-6-9-33(10-7-28)52-18-14-32(15-19-52)51(2)24-27-20-30-25-53(42(57)39(30)34(44)21-27)37-11-12-38(54)50-41(37)56/h3-10,13,16-17,20-23,32,37H,11-12,14-15,18-19,24-25H2,1-2H3,(H,47,55)(H,46,48,49)(H,50,54,56). The first kappa shape index (κ1) is 37.4. The third-order valence-corrected chi connectivity index (χ3v) is 11.0. The maximum atomic E-state index is 15.3. The highest BCUT2D eigenvalue weighted by atomic mass is 19.1. The zero-order valence-corrected chi connectivity index (χ0v) is 31.7. The Balaban J connectivity index is 0.840. The molecule has 3 aliphatic heterocycles. The summed E-state index contributed by atoms with van der Waals surface area (Å²) in [5.41, 5.74) is 6.93. The van der Waals surface area contributed by atoms with Gasteiger partial charge in [-0.25, -0.2) is 14.4 Å². The lowest BCUT2D eigenvalue weighted by Crippen LogP contribution is -2.52. The van der Waals surface area contributed by atoms with E-state index in [0.717, 1.165) is 59.7 Å². The number of anilines is 4. The number of nitrogens with zero attached hydrogens (tertiary/aromatic N) is 6. The van der Waals surface area contributed by atoms with E-state index in [1.807, 2.05) is 80.7 Å². The molecule has 2 saturated heterocycles. The first-order chi connectivity index (χ1) is 27.6. The summed E-state index contributed by atoms with van der Waals surface area (Å²) in [6.45, 7) is 4.26. The number of aromatic nitrogens is 3. The van der Waals surface area contributed by atoms with Crippen molar-refractivity contribution in [3.8, 4) is 11.3 Å². The zero-order chi connectivity index (χ0) is 39.6. The van der Waals surface area contributed by atoms with Crippen molar-refractivity contribution in [2.24, 2.45) is 0 Å². The van der Waals surface area contributed by atoms with Crippen molar-refractivity contribution in [2.45, 2.75) is 57.8 Å². The Morgan fingerprint density at radius 2 is 1.79 bits per heavy atom. The van der Waals surface area contributed by atoms with Crippen LogP contribution in [0.1, 0.15) is 63.1 Å². The minimum Gasteiger partial charge on any atom is -0.371 e. The second kappa shape index (κ2) is 15.9. The van der Waals surface area contributed by atoms with Crippen molar-refractivity contribution < 1.29 is 23.6 Å². The molecule has 13 nitrogen and oxygen atoms in total. The number of fused-ring (bicyclic) bond motifs is 1. The normalized spacial score (nSPS) is 17.1. The third-order valence-electron chi connectivity index (χ3n) is 11.0. The van der Waals surface area contributed by atoms with Gasteiger partial charge in [-0.3, -0.25) is 34.4 Å². The molecule has 8 rings (SSSR count). The summed E-state index contributed by atoms with van der Waals surface area (Å²) in [5, 5.41) is 8.57. The van der Waals surface area contributed by atoms with Gasteiger partial charge in [0.15, 0.2) is 0 Å². The van der Waals surface area contributed by atoms with E-state index in [4.69, 9.17) is 0 Å². The van der Waals surface area contributed by atoms with Crippen LogP contribution in [0.2, 0.25) is 0 Å². The van der Waals surface area contributed by atoms with Crippen molar-refractivity contribution in [3.05, 3.63) is 125 Å². The highest BCUT2D eigenvalue weighted by molar-refractivity contribution is 6.06. The number of aryl methyl sites for hydroxylation is 1. The Kier molecular flexibility index (Phi) is 10.4. The van der Waals surface area contributed by atoms with Crippen LogP contribution >= 0.6 is 0 Å². The quantitative estimate of drug-likeness (QED) is 0.148. The van der Waals surface area contributed by atoms with Crippen LogP contribution in [-0.2, 0) is 22.7 Å². The second-order valence-electron chi connectivity index (χ2n) is 14.8. The van der Waals surface area contributed by atoms with E-state index in [1.54, 1.807) is 18.6 Å². The Bertz CT molecular complexity index is 2350. The molecule has 2 aromatic heterocycles. The fourth-order valence-electron chi connectivity index (χ4n) is 7.87. The Labute approximate surface area is 329 Å². The fourth-order valence-corrected chi connectivity index (χ4v) is 7.87. The molecule has 0 aliphatic carbocycles. The molecular weight excluding hydrogens is 726 g/mol. The highest BCUT2D eigenvalue weighted by Crippen LogP contribution is 2.32. The minimum absolute atomic E-state index is 0.00948. The Morgan fingerprint density at radius 3 is 2.54 bits per heavy atom. The Hall–Kier alpha value is -6.54.